The standard InChI is InChI=1S/C67H118O16P2/c1-4-7-10-13-16-19-22-24-26-27-28-29-30-31-32-33-35-37-39-41-44-47-50-53-65(70)77-56-62(68)57-79-84(73,74)80-58-63(69)59-81-85(75,76)82-61-64(83-67(72)55-52-49-46-43-38-21-18-15-12-9-6-3)60-78-66(71)54-51-48-45-42-40-36-34-25-23-20-17-14-11-8-5-2/h7,10,15-16,18-19,24-26,28-29,31-32,34,62-64,68-69H,4-6,8-9,11-14,17,20-23,27,30,33,35-61H2,1-3H3,(H,73,74)(H,75,76)/b10-7-,18-15-,19-16-,26-24-,29-28-,32-31-,34-25-. The number of rotatable bonds is 62. The summed E-state index contributed by atoms with van der Waals surface area (Å²) in [6.45, 7) is 2.47. The summed E-state index contributed by atoms with van der Waals surface area (Å²) >= 11 is 0. The fraction of sp³-hybridized carbons (Fsp3) is 0.746. The topological polar surface area (TPSA) is 231 Å². The average molecular weight is 1240 g/mol. The summed E-state index contributed by atoms with van der Waals surface area (Å²) in [4.78, 5) is 58.2. The molecule has 0 aromatic heterocycles. The minimum atomic E-state index is -4.92. The molecule has 5 atom stereocenters. The van der Waals surface area contributed by atoms with Gasteiger partial charge in [0.1, 0.15) is 25.4 Å². The second kappa shape index (κ2) is 61.0. The molecule has 0 aliphatic rings. The van der Waals surface area contributed by atoms with Crippen LogP contribution in [0.4, 0.5) is 0 Å². The molecule has 0 bridgehead atoms. The molecule has 492 valence electrons. The molecule has 0 heterocycles. The van der Waals surface area contributed by atoms with Crippen LogP contribution in [0.1, 0.15) is 265 Å². The monoisotopic (exact) mass is 1240 g/mol. The summed E-state index contributed by atoms with van der Waals surface area (Å²) in [5.41, 5.74) is 0. The zero-order chi connectivity index (χ0) is 62.4. The lowest BCUT2D eigenvalue weighted by molar-refractivity contribution is -0.161. The molecule has 0 fully saturated rings. The molecule has 85 heavy (non-hydrogen) atoms. The van der Waals surface area contributed by atoms with E-state index in [9.17, 15) is 43.5 Å². The molecule has 18 heteroatoms. The van der Waals surface area contributed by atoms with Crippen LogP contribution in [-0.2, 0) is 55.8 Å². The fourth-order valence-corrected chi connectivity index (χ4v) is 10.1. The van der Waals surface area contributed by atoms with Crippen molar-refractivity contribution >= 4 is 33.6 Å². The first-order valence-electron chi connectivity index (χ1n) is 32.9. The smallest absolute Gasteiger partial charge is 0.463 e. The lowest BCUT2D eigenvalue weighted by atomic mass is 10.1. The second-order valence-electron chi connectivity index (χ2n) is 21.9. The molecule has 4 N–H and O–H groups in total. The third kappa shape index (κ3) is 62.1. The zero-order valence-electron chi connectivity index (χ0n) is 53.0. The first-order valence-corrected chi connectivity index (χ1v) is 35.9. The quantitative estimate of drug-likeness (QED) is 0.0146. The highest BCUT2D eigenvalue weighted by molar-refractivity contribution is 7.47. The van der Waals surface area contributed by atoms with Crippen molar-refractivity contribution in [3.63, 3.8) is 0 Å². The summed E-state index contributed by atoms with van der Waals surface area (Å²) in [6, 6.07) is 0. The number of aliphatic hydroxyl groups excluding tert-OH is 2. The number of carbonyl (C=O) groups excluding carboxylic acids is 3. The number of phosphoric acid groups is 2. The molecule has 0 aliphatic carbocycles. The molecule has 0 aromatic carbocycles. The van der Waals surface area contributed by atoms with Crippen LogP contribution in [0.2, 0.25) is 0 Å². The number of ether oxygens (including phenoxy) is 3. The second-order valence-corrected chi connectivity index (χ2v) is 24.8. The average Bonchev–Trinajstić information content (AvgIpc) is 3.60. The lowest BCUT2D eigenvalue weighted by Gasteiger charge is -2.21. The van der Waals surface area contributed by atoms with E-state index in [0.717, 1.165) is 154 Å². The van der Waals surface area contributed by atoms with Crippen molar-refractivity contribution < 1.29 is 75.8 Å². The lowest BCUT2D eigenvalue weighted by Crippen LogP contribution is -2.30. The Morgan fingerprint density at radius 3 is 1.04 bits per heavy atom. The summed E-state index contributed by atoms with van der Waals surface area (Å²) in [5.74, 6) is -1.60. The Hall–Kier alpha value is -3.27. The van der Waals surface area contributed by atoms with Crippen LogP contribution in [-0.4, -0.2) is 95.9 Å². The van der Waals surface area contributed by atoms with Gasteiger partial charge < -0.3 is 34.2 Å². The first kappa shape index (κ1) is 81.7. The van der Waals surface area contributed by atoms with Gasteiger partial charge in [-0.3, -0.25) is 32.5 Å². The Labute approximate surface area is 515 Å². The molecule has 0 amide bonds. The van der Waals surface area contributed by atoms with Crippen molar-refractivity contribution in [1.82, 2.24) is 0 Å². The van der Waals surface area contributed by atoms with Crippen LogP contribution in [0.25, 0.3) is 0 Å². The number of hydrogen-bond acceptors (Lipinski definition) is 14. The molecule has 0 saturated heterocycles. The van der Waals surface area contributed by atoms with Crippen LogP contribution in [0.15, 0.2) is 85.1 Å². The predicted molar refractivity (Wildman–Crippen MR) is 344 cm³/mol. The highest BCUT2D eigenvalue weighted by Gasteiger charge is 2.29. The van der Waals surface area contributed by atoms with Crippen LogP contribution in [0.3, 0.4) is 0 Å². The molecule has 0 aliphatic heterocycles. The fourth-order valence-electron chi connectivity index (χ4n) is 8.51. The van der Waals surface area contributed by atoms with Crippen molar-refractivity contribution in [1.29, 1.82) is 0 Å². The Kier molecular flexibility index (Phi) is 58.6. The molecule has 16 nitrogen and oxygen atoms in total. The number of esters is 3. The van der Waals surface area contributed by atoms with Gasteiger partial charge in [0.2, 0.25) is 0 Å². The summed E-state index contributed by atoms with van der Waals surface area (Å²) in [5, 5.41) is 20.5. The zero-order valence-corrected chi connectivity index (χ0v) is 54.8. The van der Waals surface area contributed by atoms with E-state index in [0.29, 0.717) is 19.3 Å². The van der Waals surface area contributed by atoms with Gasteiger partial charge >= 0.3 is 33.6 Å². The van der Waals surface area contributed by atoms with Crippen molar-refractivity contribution in [2.24, 2.45) is 0 Å². The molecule has 0 radical (unpaired) electrons. The summed E-state index contributed by atoms with van der Waals surface area (Å²) < 4.78 is 60.7. The van der Waals surface area contributed by atoms with Gasteiger partial charge in [0.05, 0.1) is 26.4 Å². The van der Waals surface area contributed by atoms with Crippen LogP contribution < -0.4 is 0 Å². The SMILES string of the molecule is CC/C=C\C/C=C\C/C=C\C/C=C\C/C=C\CCCCCCCCCC(=O)OCC(O)COP(=O)(O)OCC(O)COP(=O)(O)OCC(COC(=O)CCCCCCC/C=C\CCCCCCCC)OC(=O)CCCCCCC/C=C\CCCC. The van der Waals surface area contributed by atoms with E-state index >= 15 is 0 Å². The predicted octanol–water partition coefficient (Wildman–Crippen LogP) is 17.8. The van der Waals surface area contributed by atoms with Crippen molar-refractivity contribution in [2.45, 2.75) is 283 Å². The van der Waals surface area contributed by atoms with E-state index in [2.05, 4.69) is 106 Å². The first-order chi connectivity index (χ1) is 41.2. The number of unbranched alkanes of at least 4 members (excludes halogenated alkanes) is 25. The summed E-state index contributed by atoms with van der Waals surface area (Å²) in [7, 11) is -9.77. The van der Waals surface area contributed by atoms with Gasteiger partial charge in [-0.2, -0.15) is 0 Å². The van der Waals surface area contributed by atoms with E-state index in [1.807, 2.05) is 0 Å². The van der Waals surface area contributed by atoms with Gasteiger partial charge in [0, 0.05) is 19.3 Å². The van der Waals surface area contributed by atoms with Crippen molar-refractivity contribution in [3.8, 4) is 0 Å². The molecule has 0 spiro atoms. The normalized spacial score (nSPS) is 14.9. The molecular formula is C67H118O16P2. The molecule has 0 aromatic rings. The van der Waals surface area contributed by atoms with Gasteiger partial charge in [0.25, 0.3) is 0 Å². The Morgan fingerprint density at radius 2 is 0.635 bits per heavy atom. The van der Waals surface area contributed by atoms with Gasteiger partial charge in [-0.25, -0.2) is 9.13 Å². The Balaban J connectivity index is 4.55. The molecule has 0 saturated carbocycles. The largest absolute Gasteiger partial charge is 0.472 e. The number of hydrogen-bond donors (Lipinski definition) is 4. The maximum atomic E-state index is 12.8. The third-order valence-electron chi connectivity index (χ3n) is 13.6. The van der Waals surface area contributed by atoms with E-state index in [1.54, 1.807) is 0 Å². The number of carbonyl (C=O) groups is 3. The molecule has 5 unspecified atom stereocenters. The highest BCUT2D eigenvalue weighted by Crippen LogP contribution is 2.45. The Bertz CT molecular complexity index is 1900. The number of phosphoric ester groups is 2. The van der Waals surface area contributed by atoms with Crippen LogP contribution >= 0.6 is 15.6 Å². The van der Waals surface area contributed by atoms with Crippen molar-refractivity contribution in [3.05, 3.63) is 85.1 Å². The van der Waals surface area contributed by atoms with E-state index in [4.69, 9.17) is 32.3 Å². The van der Waals surface area contributed by atoms with E-state index in [-0.39, 0.29) is 19.3 Å². The van der Waals surface area contributed by atoms with E-state index < -0.39 is 91.5 Å². The van der Waals surface area contributed by atoms with Crippen molar-refractivity contribution in [2.75, 3.05) is 39.6 Å². The van der Waals surface area contributed by atoms with Gasteiger partial charge in [-0.05, 0) is 109 Å². The number of allylic oxidation sites excluding steroid dienone is 14. The van der Waals surface area contributed by atoms with E-state index in [1.165, 1.54) is 51.4 Å². The van der Waals surface area contributed by atoms with Gasteiger partial charge in [-0.1, -0.05) is 221 Å². The van der Waals surface area contributed by atoms with Crippen LogP contribution in [0, 0.1) is 0 Å². The molecular weight excluding hydrogens is 1120 g/mol. The maximum absolute atomic E-state index is 12.8. The van der Waals surface area contributed by atoms with Crippen LogP contribution in [0.5, 0.6) is 0 Å². The highest BCUT2D eigenvalue weighted by atomic mass is 31.2. The summed E-state index contributed by atoms with van der Waals surface area (Å²) in [6.07, 6.45) is 63.6. The van der Waals surface area contributed by atoms with Gasteiger partial charge in [-0.15, -0.1) is 0 Å². The minimum Gasteiger partial charge on any atom is -0.463 e. The Morgan fingerprint density at radius 1 is 0.341 bits per heavy atom. The third-order valence-corrected chi connectivity index (χ3v) is 15.5. The minimum absolute atomic E-state index is 0.0934. The maximum Gasteiger partial charge on any atom is 0.472 e. The molecule has 0 rings (SSSR count). The number of aliphatic hydroxyl groups is 2. The van der Waals surface area contributed by atoms with Gasteiger partial charge in [0.15, 0.2) is 6.10 Å².